The van der Waals surface area contributed by atoms with Crippen LogP contribution in [0.15, 0.2) is 12.7 Å². The lowest BCUT2D eigenvalue weighted by atomic mass is 9.74. The van der Waals surface area contributed by atoms with E-state index in [1.165, 1.54) is 21.1 Å². The number of methoxy groups -OCH3 is 2. The van der Waals surface area contributed by atoms with E-state index in [0.717, 1.165) is 6.08 Å². The number of nitrogens with zero attached hydrogens (tertiary/aromatic N) is 1. The summed E-state index contributed by atoms with van der Waals surface area (Å²) < 4.78 is 49.3. The summed E-state index contributed by atoms with van der Waals surface area (Å²) in [5, 5.41) is 34.8. The molecule has 2 heterocycles. The minimum Gasteiger partial charge on any atom is -0.459 e. The van der Waals surface area contributed by atoms with E-state index < -0.39 is 102 Å². The van der Waals surface area contributed by atoms with Crippen LogP contribution in [0.1, 0.15) is 94.9 Å². The van der Waals surface area contributed by atoms with Crippen molar-refractivity contribution in [3.63, 3.8) is 0 Å². The van der Waals surface area contributed by atoms with Crippen molar-refractivity contribution in [2.75, 3.05) is 34.9 Å². The van der Waals surface area contributed by atoms with Crippen LogP contribution in [0, 0.1) is 23.7 Å². The average molecular weight is 804 g/mol. The van der Waals surface area contributed by atoms with Gasteiger partial charge in [-0.3, -0.25) is 9.59 Å². The number of cyclic esters (lactones) is 1. The van der Waals surface area contributed by atoms with Crippen molar-refractivity contribution >= 4 is 17.7 Å². The zero-order chi connectivity index (χ0) is 42.9. The number of Topliss-reactive ketones (excluding diaryl/α,β-unsaturated/α-hetero) is 1. The molecule has 0 aromatic rings. The lowest BCUT2D eigenvalue weighted by Gasteiger charge is -2.49. The molecule has 0 bridgehead atoms. The highest BCUT2D eigenvalue weighted by Gasteiger charge is 2.52. The Morgan fingerprint density at radius 3 is 2.21 bits per heavy atom. The first-order valence-electron chi connectivity index (χ1n) is 20.0. The van der Waals surface area contributed by atoms with Crippen LogP contribution in [0.2, 0.25) is 0 Å². The maximum absolute atomic E-state index is 14.3. The fourth-order valence-electron chi connectivity index (χ4n) is 8.05. The van der Waals surface area contributed by atoms with Crippen molar-refractivity contribution in [2.45, 2.75) is 174 Å². The SMILES string of the molecule is C=CC(=O)O[C@H](C)[C@H](C)OC(CCOC)O[C@H]1[C@H](C)[C@@H](OC2O[C@H](C)C[C@H](N(C)C)[C@H]2O)[C@](C)(OC)C[C@@H](C)C(=O)[C@H](C)[C@@H](O)[C@](C)(O)[C@@H](CC)OC(=O)[C@@H]1C. The van der Waals surface area contributed by atoms with Crippen LogP contribution >= 0.6 is 0 Å². The quantitative estimate of drug-likeness (QED) is 0.124. The highest BCUT2D eigenvalue weighted by Crippen LogP contribution is 2.40. The molecular weight excluding hydrogens is 730 g/mol. The number of carbonyl (C=O) groups is 3. The molecule has 2 fully saturated rings. The number of carbonyl (C=O) groups excluding carboxylic acids is 3. The zero-order valence-corrected chi connectivity index (χ0v) is 36.3. The predicted molar refractivity (Wildman–Crippen MR) is 207 cm³/mol. The van der Waals surface area contributed by atoms with Gasteiger partial charge in [0, 0.05) is 50.5 Å². The largest absolute Gasteiger partial charge is 0.459 e. The predicted octanol–water partition coefficient (Wildman–Crippen LogP) is 3.42. The highest BCUT2D eigenvalue weighted by molar-refractivity contribution is 5.83. The molecule has 2 saturated heterocycles. The first-order chi connectivity index (χ1) is 26.0. The van der Waals surface area contributed by atoms with Crippen LogP contribution in [-0.4, -0.2) is 152 Å². The van der Waals surface area contributed by atoms with Crippen LogP contribution in [0.3, 0.4) is 0 Å². The van der Waals surface area contributed by atoms with Gasteiger partial charge < -0.3 is 58.1 Å². The van der Waals surface area contributed by atoms with E-state index in [-0.39, 0.29) is 43.8 Å². The Kier molecular flexibility index (Phi) is 19.5. The first-order valence-corrected chi connectivity index (χ1v) is 20.0. The summed E-state index contributed by atoms with van der Waals surface area (Å²) in [5.74, 6) is -5.28. The Morgan fingerprint density at radius 2 is 1.68 bits per heavy atom. The fraction of sp³-hybridized carbons (Fsp3) is 0.878. The number of likely N-dealkylation sites (N-methyl/N-ethyl adjacent to an activating group) is 1. The number of ketones is 1. The molecule has 0 spiro atoms. The topological polar surface area (TPSA) is 189 Å². The molecule has 0 aromatic heterocycles. The number of aliphatic hydroxyl groups excluding tert-OH is 2. The monoisotopic (exact) mass is 804 g/mol. The Labute approximate surface area is 334 Å². The Balaban J connectivity index is 2.84. The number of ether oxygens (including phenoxy) is 8. The summed E-state index contributed by atoms with van der Waals surface area (Å²) in [7, 11) is 6.76. The van der Waals surface area contributed by atoms with Crippen LogP contribution in [-0.2, 0) is 52.3 Å². The molecule has 2 aliphatic heterocycles. The Morgan fingerprint density at radius 1 is 1.05 bits per heavy atom. The number of hydrogen-bond acceptors (Lipinski definition) is 15. The van der Waals surface area contributed by atoms with Gasteiger partial charge in [-0.1, -0.05) is 34.3 Å². The lowest BCUT2D eigenvalue weighted by molar-refractivity contribution is -0.308. The molecule has 0 aliphatic carbocycles. The molecule has 2 rings (SSSR count). The average Bonchev–Trinajstić information content (AvgIpc) is 3.15. The van der Waals surface area contributed by atoms with Crippen LogP contribution in [0.25, 0.3) is 0 Å². The van der Waals surface area contributed by atoms with Crippen molar-refractivity contribution < 1.29 is 67.6 Å². The molecule has 326 valence electrons. The number of aliphatic hydroxyl groups is 3. The maximum atomic E-state index is 14.3. The third-order valence-corrected chi connectivity index (χ3v) is 11.8. The van der Waals surface area contributed by atoms with Gasteiger partial charge in [-0.05, 0) is 74.9 Å². The zero-order valence-electron chi connectivity index (χ0n) is 36.3. The molecule has 2 unspecified atom stereocenters. The third kappa shape index (κ3) is 12.5. The molecule has 17 atom stereocenters. The smallest absolute Gasteiger partial charge is 0.330 e. The fourth-order valence-corrected chi connectivity index (χ4v) is 8.05. The van der Waals surface area contributed by atoms with Gasteiger partial charge in [-0.25, -0.2) is 4.79 Å². The van der Waals surface area contributed by atoms with E-state index in [1.54, 1.807) is 48.5 Å². The van der Waals surface area contributed by atoms with Gasteiger partial charge in [-0.2, -0.15) is 0 Å². The second-order valence-electron chi connectivity index (χ2n) is 16.6. The molecular formula is C41H73NO14. The van der Waals surface area contributed by atoms with E-state index in [1.807, 2.05) is 32.8 Å². The van der Waals surface area contributed by atoms with Crippen LogP contribution in [0.5, 0.6) is 0 Å². The summed E-state index contributed by atoms with van der Waals surface area (Å²) in [4.78, 5) is 42.2. The highest BCUT2D eigenvalue weighted by atomic mass is 16.7. The molecule has 15 nitrogen and oxygen atoms in total. The molecule has 0 radical (unpaired) electrons. The number of hydrogen-bond donors (Lipinski definition) is 3. The van der Waals surface area contributed by atoms with Crippen molar-refractivity contribution in [3.8, 4) is 0 Å². The molecule has 0 amide bonds. The van der Waals surface area contributed by atoms with E-state index in [4.69, 9.17) is 37.9 Å². The Hall–Kier alpha value is -2.05. The molecule has 3 N–H and O–H groups in total. The molecule has 0 aromatic carbocycles. The second kappa shape index (κ2) is 21.8. The van der Waals surface area contributed by atoms with Crippen molar-refractivity contribution in [2.24, 2.45) is 23.7 Å². The van der Waals surface area contributed by atoms with Gasteiger partial charge in [0.2, 0.25) is 0 Å². The van der Waals surface area contributed by atoms with Gasteiger partial charge in [-0.15, -0.1) is 0 Å². The number of esters is 2. The lowest BCUT2D eigenvalue weighted by Crippen LogP contribution is -2.60. The van der Waals surface area contributed by atoms with E-state index in [0.29, 0.717) is 6.42 Å². The summed E-state index contributed by atoms with van der Waals surface area (Å²) in [6.45, 7) is 20.5. The van der Waals surface area contributed by atoms with Gasteiger partial charge >= 0.3 is 11.9 Å². The van der Waals surface area contributed by atoms with Crippen molar-refractivity contribution in [1.29, 1.82) is 0 Å². The third-order valence-electron chi connectivity index (χ3n) is 11.8. The van der Waals surface area contributed by atoms with Gasteiger partial charge in [0.05, 0.1) is 48.6 Å². The van der Waals surface area contributed by atoms with Gasteiger partial charge in [0.25, 0.3) is 0 Å². The summed E-state index contributed by atoms with van der Waals surface area (Å²) in [6.07, 6.45) is -7.72. The van der Waals surface area contributed by atoms with E-state index >= 15 is 0 Å². The van der Waals surface area contributed by atoms with Gasteiger partial charge in [0.1, 0.15) is 29.7 Å². The number of rotatable bonds is 15. The standard InChI is InChI=1S/C41H73NO14/c1-16-30-41(11,48)36(46)24(5)33(44)22(3)21-40(10,50-15)37(56-39-34(45)29(42(12)13)20-23(4)51-39)25(6)35(26(7)38(47)54-30)55-32(18-19-49-14)53-28(9)27(8)52-31(43)17-2/h17,22-30,32,34-37,39,45-46,48H,2,16,18-21H2,1,3-15H3/t22-,23-,24+,25+,26-,27-,28+,29+,30-,32?,34-,35+,36-,37-,39?,40-,41-/m1/s1. The van der Waals surface area contributed by atoms with E-state index in [2.05, 4.69) is 6.58 Å². The summed E-state index contributed by atoms with van der Waals surface area (Å²) >= 11 is 0. The van der Waals surface area contributed by atoms with Crippen molar-refractivity contribution in [1.82, 2.24) is 4.90 Å². The second-order valence-corrected chi connectivity index (χ2v) is 16.6. The van der Waals surface area contributed by atoms with Gasteiger partial charge in [0.15, 0.2) is 12.6 Å². The normalized spacial score (nSPS) is 39.6. The Bertz CT molecular complexity index is 1260. The van der Waals surface area contributed by atoms with Crippen molar-refractivity contribution in [3.05, 3.63) is 12.7 Å². The van der Waals surface area contributed by atoms with E-state index in [9.17, 15) is 29.7 Å². The molecule has 2 aliphatic rings. The molecule has 0 saturated carbocycles. The van der Waals surface area contributed by atoms with Crippen LogP contribution < -0.4 is 0 Å². The van der Waals surface area contributed by atoms with Crippen LogP contribution in [0.4, 0.5) is 0 Å². The molecule has 15 heteroatoms. The minimum absolute atomic E-state index is 0.0849. The molecule has 56 heavy (non-hydrogen) atoms. The maximum Gasteiger partial charge on any atom is 0.330 e. The first kappa shape index (κ1) is 50.1. The summed E-state index contributed by atoms with van der Waals surface area (Å²) in [6, 6.07) is -0.306. The minimum atomic E-state index is -1.99. The summed E-state index contributed by atoms with van der Waals surface area (Å²) in [5.41, 5.74) is -3.28.